The van der Waals surface area contributed by atoms with E-state index in [9.17, 15) is 23.3 Å². The van der Waals surface area contributed by atoms with Crippen molar-refractivity contribution in [1.29, 1.82) is 0 Å². The molecule has 0 fully saturated rings. The van der Waals surface area contributed by atoms with Gasteiger partial charge in [0.15, 0.2) is 0 Å². The molecule has 0 bridgehead atoms. The number of nitrogens with zero attached hydrogens (tertiary/aromatic N) is 3. The Morgan fingerprint density at radius 1 is 1.00 bits per heavy atom. The van der Waals surface area contributed by atoms with Crippen molar-refractivity contribution in [3.63, 3.8) is 0 Å². The lowest BCUT2D eigenvalue weighted by Gasteiger charge is -2.24. The maximum atomic E-state index is 13.4. The predicted molar refractivity (Wildman–Crippen MR) is 143 cm³/mol. The Balaban J connectivity index is 1.49. The Morgan fingerprint density at radius 3 is 2.37 bits per heavy atom. The molecule has 0 spiro atoms. The van der Waals surface area contributed by atoms with Gasteiger partial charge in [-0.05, 0) is 73.5 Å². The molecule has 0 aliphatic heterocycles. The molecule has 0 aliphatic carbocycles. The lowest BCUT2D eigenvalue weighted by molar-refractivity contribution is -0.384. The molecule has 1 N–H and O–H groups in total. The van der Waals surface area contributed by atoms with E-state index in [4.69, 9.17) is 4.42 Å². The van der Waals surface area contributed by atoms with Gasteiger partial charge >= 0.3 is 0 Å². The summed E-state index contributed by atoms with van der Waals surface area (Å²) in [6.45, 7) is 3.28. The highest BCUT2D eigenvalue weighted by atomic mass is 32.2. The average Bonchev–Trinajstić information content (AvgIpc) is 3.38. The molecule has 0 unspecified atom stereocenters. The minimum absolute atomic E-state index is 0.0334. The summed E-state index contributed by atoms with van der Waals surface area (Å²) in [6.07, 6.45) is 1.28. The summed E-state index contributed by atoms with van der Waals surface area (Å²) in [5.41, 5.74) is 5.17. The van der Waals surface area contributed by atoms with Gasteiger partial charge in [0.1, 0.15) is 18.1 Å². The first-order chi connectivity index (χ1) is 18.1. The predicted octanol–water partition coefficient (Wildman–Crippen LogP) is 4.82. The van der Waals surface area contributed by atoms with Gasteiger partial charge in [0.05, 0.1) is 21.7 Å². The van der Waals surface area contributed by atoms with Crippen molar-refractivity contribution in [2.75, 3.05) is 10.8 Å². The first-order valence-corrected chi connectivity index (χ1v) is 12.9. The molecule has 0 saturated carbocycles. The Morgan fingerprint density at radius 2 is 1.71 bits per heavy atom. The molecule has 0 aliphatic rings. The molecule has 0 atom stereocenters. The molecule has 1 heterocycles. The Labute approximate surface area is 219 Å². The number of nitro groups is 1. The molecule has 4 aromatic rings. The number of nitrogens with one attached hydrogen (secondary N) is 1. The van der Waals surface area contributed by atoms with Crippen LogP contribution < -0.4 is 9.73 Å². The van der Waals surface area contributed by atoms with Crippen LogP contribution in [0.5, 0.6) is 0 Å². The highest BCUT2D eigenvalue weighted by Crippen LogP contribution is 2.26. The molecular weight excluding hydrogens is 508 g/mol. The van der Waals surface area contributed by atoms with E-state index in [-0.39, 0.29) is 10.6 Å². The highest BCUT2D eigenvalue weighted by Gasteiger charge is 2.27. The molecule has 10 nitrogen and oxygen atoms in total. The van der Waals surface area contributed by atoms with Crippen molar-refractivity contribution < 1.29 is 22.6 Å². The third kappa shape index (κ3) is 5.95. The lowest BCUT2D eigenvalue weighted by atomic mass is 10.1. The van der Waals surface area contributed by atoms with Crippen LogP contribution in [-0.4, -0.2) is 32.0 Å². The number of carbonyl (C=O) groups is 1. The third-order valence-corrected chi connectivity index (χ3v) is 7.56. The number of amides is 1. The van der Waals surface area contributed by atoms with Crippen LogP contribution >= 0.6 is 0 Å². The van der Waals surface area contributed by atoms with Crippen LogP contribution in [0.3, 0.4) is 0 Å². The second-order valence-corrected chi connectivity index (χ2v) is 10.3. The summed E-state index contributed by atoms with van der Waals surface area (Å²) in [5.74, 6) is 0.130. The normalized spacial score (nSPS) is 11.4. The number of furan rings is 1. The molecular formula is C27H24N4O6S. The van der Waals surface area contributed by atoms with Gasteiger partial charge in [0.2, 0.25) is 0 Å². The van der Waals surface area contributed by atoms with E-state index in [1.807, 2.05) is 13.8 Å². The number of hydrazone groups is 1. The standard InChI is InChI=1S/C27H24N4O6S/c1-19-8-11-23(16-20(19)2)30(38(35,36)25-6-4-3-5-7-25)18-27(32)29-28-17-24-14-15-26(37-24)21-9-12-22(13-10-21)31(33)34/h3-17H,18H2,1-2H3,(H,29,32)/b28-17-. The van der Waals surface area contributed by atoms with E-state index in [1.165, 1.54) is 30.5 Å². The fourth-order valence-electron chi connectivity index (χ4n) is 3.57. The van der Waals surface area contributed by atoms with E-state index in [1.54, 1.807) is 60.7 Å². The molecule has 1 aromatic heterocycles. The van der Waals surface area contributed by atoms with Gasteiger partial charge in [-0.1, -0.05) is 24.3 Å². The van der Waals surface area contributed by atoms with Crippen molar-refractivity contribution >= 4 is 33.5 Å². The summed E-state index contributed by atoms with van der Waals surface area (Å²) in [4.78, 5) is 23.1. The van der Waals surface area contributed by atoms with Gasteiger partial charge in [0.25, 0.3) is 21.6 Å². The van der Waals surface area contributed by atoms with Crippen molar-refractivity contribution in [3.8, 4) is 11.3 Å². The summed E-state index contributed by atoms with van der Waals surface area (Å²) >= 11 is 0. The number of hydrogen-bond acceptors (Lipinski definition) is 7. The smallest absolute Gasteiger partial charge is 0.269 e. The quantitative estimate of drug-likeness (QED) is 0.187. The largest absolute Gasteiger partial charge is 0.455 e. The van der Waals surface area contributed by atoms with Gasteiger partial charge < -0.3 is 4.42 Å². The summed E-state index contributed by atoms with van der Waals surface area (Å²) in [5, 5.41) is 14.7. The molecule has 0 radical (unpaired) electrons. The molecule has 4 rings (SSSR count). The average molecular weight is 533 g/mol. The molecule has 11 heteroatoms. The Hall–Kier alpha value is -4.77. The van der Waals surface area contributed by atoms with Crippen molar-refractivity contribution in [2.24, 2.45) is 5.10 Å². The summed E-state index contributed by atoms with van der Waals surface area (Å²) in [6, 6.07) is 22.2. The van der Waals surface area contributed by atoms with Crippen LogP contribution in [0, 0.1) is 24.0 Å². The number of non-ortho nitro benzene ring substituents is 1. The number of benzene rings is 3. The number of nitro benzene ring substituents is 1. The second kappa shape index (κ2) is 11.1. The zero-order chi connectivity index (χ0) is 27.3. The number of sulfonamides is 1. The number of anilines is 1. The van der Waals surface area contributed by atoms with Gasteiger partial charge in [0, 0.05) is 17.7 Å². The van der Waals surface area contributed by atoms with Gasteiger partial charge in [-0.2, -0.15) is 5.10 Å². The molecule has 38 heavy (non-hydrogen) atoms. The van der Waals surface area contributed by atoms with E-state index in [2.05, 4.69) is 10.5 Å². The van der Waals surface area contributed by atoms with Crippen molar-refractivity contribution in [3.05, 3.63) is 112 Å². The van der Waals surface area contributed by atoms with Crippen LogP contribution in [0.1, 0.15) is 16.9 Å². The van der Waals surface area contributed by atoms with Gasteiger partial charge in [-0.25, -0.2) is 13.8 Å². The van der Waals surface area contributed by atoms with Crippen LogP contribution in [0.25, 0.3) is 11.3 Å². The number of aryl methyl sites for hydroxylation is 2. The summed E-state index contributed by atoms with van der Waals surface area (Å²) < 4.78 is 33.5. The van der Waals surface area contributed by atoms with Crippen LogP contribution in [0.2, 0.25) is 0 Å². The van der Waals surface area contributed by atoms with Crippen LogP contribution in [0.15, 0.2) is 99.3 Å². The first-order valence-electron chi connectivity index (χ1n) is 11.5. The lowest BCUT2D eigenvalue weighted by Crippen LogP contribution is -2.39. The van der Waals surface area contributed by atoms with Crippen molar-refractivity contribution in [1.82, 2.24) is 5.43 Å². The Bertz CT molecular complexity index is 1600. The van der Waals surface area contributed by atoms with E-state index in [0.717, 1.165) is 15.4 Å². The third-order valence-electron chi connectivity index (χ3n) is 5.77. The number of rotatable bonds is 9. The maximum Gasteiger partial charge on any atom is 0.269 e. The molecule has 1 amide bonds. The van der Waals surface area contributed by atoms with E-state index < -0.39 is 27.4 Å². The SMILES string of the molecule is Cc1ccc(N(CC(=O)N/N=C\c2ccc(-c3ccc([N+](=O)[O-])cc3)o2)S(=O)(=O)c2ccccc2)cc1C. The number of carbonyl (C=O) groups excluding carboxylic acids is 1. The fourth-order valence-corrected chi connectivity index (χ4v) is 5.01. The molecule has 194 valence electrons. The second-order valence-electron chi connectivity index (χ2n) is 8.39. The van der Waals surface area contributed by atoms with Crippen LogP contribution in [-0.2, 0) is 14.8 Å². The van der Waals surface area contributed by atoms with Crippen molar-refractivity contribution in [2.45, 2.75) is 18.7 Å². The zero-order valence-corrected chi connectivity index (χ0v) is 21.4. The molecule has 3 aromatic carbocycles. The van der Waals surface area contributed by atoms with Gasteiger partial charge in [-0.3, -0.25) is 19.2 Å². The summed E-state index contributed by atoms with van der Waals surface area (Å²) in [7, 11) is -4.03. The Kier molecular flexibility index (Phi) is 7.68. The minimum Gasteiger partial charge on any atom is -0.455 e. The topological polar surface area (TPSA) is 135 Å². The van der Waals surface area contributed by atoms with Crippen LogP contribution in [0.4, 0.5) is 11.4 Å². The molecule has 0 saturated heterocycles. The van der Waals surface area contributed by atoms with E-state index >= 15 is 0 Å². The maximum absolute atomic E-state index is 13.4. The van der Waals surface area contributed by atoms with Gasteiger partial charge in [-0.15, -0.1) is 0 Å². The van der Waals surface area contributed by atoms with E-state index in [0.29, 0.717) is 22.8 Å². The monoisotopic (exact) mass is 532 g/mol. The number of hydrogen-bond donors (Lipinski definition) is 1. The highest BCUT2D eigenvalue weighted by molar-refractivity contribution is 7.92. The fraction of sp³-hybridized carbons (Fsp3) is 0.111. The minimum atomic E-state index is -4.03. The zero-order valence-electron chi connectivity index (χ0n) is 20.6. The first kappa shape index (κ1) is 26.3.